The van der Waals surface area contributed by atoms with E-state index >= 15 is 0 Å². The van der Waals surface area contributed by atoms with Crippen LogP contribution in [0.5, 0.6) is 5.75 Å². The third-order valence-electron chi connectivity index (χ3n) is 3.11. The van der Waals surface area contributed by atoms with Crippen LogP contribution in [0.1, 0.15) is 29.6 Å². The standard InChI is InChI=1S/C14H19NO4/c1-17-14(16)12-8-10(15)5-6-13(12)19-9-11-4-2-3-7-18-11/h5-6,8,11H,2-4,7,9,15H2,1H3. The SMILES string of the molecule is COC(=O)c1cc(N)ccc1OCC1CCCCO1. The second kappa shape index (κ2) is 6.43. The van der Waals surface area contributed by atoms with Gasteiger partial charge in [0.1, 0.15) is 17.9 Å². The molecule has 0 saturated carbocycles. The Morgan fingerprint density at radius 1 is 1.47 bits per heavy atom. The second-order valence-corrected chi connectivity index (χ2v) is 4.55. The third-order valence-corrected chi connectivity index (χ3v) is 3.11. The van der Waals surface area contributed by atoms with E-state index in [9.17, 15) is 4.79 Å². The number of esters is 1. The van der Waals surface area contributed by atoms with E-state index in [-0.39, 0.29) is 6.10 Å². The van der Waals surface area contributed by atoms with E-state index in [0.717, 1.165) is 25.9 Å². The number of benzene rings is 1. The highest BCUT2D eigenvalue weighted by atomic mass is 16.5. The summed E-state index contributed by atoms with van der Waals surface area (Å²) in [6.45, 7) is 1.22. The minimum Gasteiger partial charge on any atom is -0.490 e. The van der Waals surface area contributed by atoms with Gasteiger partial charge >= 0.3 is 5.97 Å². The van der Waals surface area contributed by atoms with E-state index in [1.54, 1.807) is 18.2 Å². The molecule has 0 radical (unpaired) electrons. The minimum absolute atomic E-state index is 0.0943. The smallest absolute Gasteiger partial charge is 0.341 e. The first-order chi connectivity index (χ1) is 9.20. The summed E-state index contributed by atoms with van der Waals surface area (Å²) in [6.07, 6.45) is 3.34. The molecule has 2 rings (SSSR count). The van der Waals surface area contributed by atoms with Gasteiger partial charge in [-0.3, -0.25) is 0 Å². The molecular weight excluding hydrogens is 246 g/mol. The summed E-state index contributed by atoms with van der Waals surface area (Å²) in [5.41, 5.74) is 6.52. The zero-order valence-electron chi connectivity index (χ0n) is 11.1. The molecule has 1 aliphatic rings. The van der Waals surface area contributed by atoms with Gasteiger partial charge in [-0.2, -0.15) is 0 Å². The van der Waals surface area contributed by atoms with Gasteiger partial charge in [-0.1, -0.05) is 0 Å². The summed E-state index contributed by atoms with van der Waals surface area (Å²) in [7, 11) is 1.33. The summed E-state index contributed by atoms with van der Waals surface area (Å²) in [6, 6.07) is 4.94. The molecule has 5 nitrogen and oxygen atoms in total. The van der Waals surface area contributed by atoms with E-state index in [1.165, 1.54) is 7.11 Å². The van der Waals surface area contributed by atoms with Gasteiger partial charge in [-0.15, -0.1) is 0 Å². The Bertz CT molecular complexity index is 441. The van der Waals surface area contributed by atoms with Crippen LogP contribution in [0, 0.1) is 0 Å². The predicted molar refractivity (Wildman–Crippen MR) is 71.3 cm³/mol. The average molecular weight is 265 g/mol. The van der Waals surface area contributed by atoms with Crippen LogP contribution in [0.2, 0.25) is 0 Å². The summed E-state index contributed by atoms with van der Waals surface area (Å²) in [4.78, 5) is 11.6. The Hall–Kier alpha value is -1.75. The van der Waals surface area contributed by atoms with Gasteiger partial charge in [0.25, 0.3) is 0 Å². The number of nitrogens with two attached hydrogens (primary N) is 1. The van der Waals surface area contributed by atoms with Gasteiger partial charge in [-0.05, 0) is 37.5 Å². The van der Waals surface area contributed by atoms with Crippen molar-refractivity contribution in [3.05, 3.63) is 23.8 Å². The largest absolute Gasteiger partial charge is 0.490 e. The Labute approximate surface area is 112 Å². The summed E-state index contributed by atoms with van der Waals surface area (Å²) in [5, 5.41) is 0. The van der Waals surface area contributed by atoms with Crippen molar-refractivity contribution >= 4 is 11.7 Å². The number of carbonyl (C=O) groups excluding carboxylic acids is 1. The lowest BCUT2D eigenvalue weighted by atomic mass is 10.1. The number of rotatable bonds is 4. The van der Waals surface area contributed by atoms with Crippen LogP contribution in [0.25, 0.3) is 0 Å². The lowest BCUT2D eigenvalue weighted by Crippen LogP contribution is -2.26. The number of methoxy groups -OCH3 is 1. The molecule has 0 spiro atoms. The van der Waals surface area contributed by atoms with E-state index in [2.05, 4.69) is 0 Å². The third kappa shape index (κ3) is 3.61. The van der Waals surface area contributed by atoms with Crippen molar-refractivity contribution in [2.45, 2.75) is 25.4 Å². The maximum absolute atomic E-state index is 11.6. The first-order valence-corrected chi connectivity index (χ1v) is 6.43. The number of anilines is 1. The van der Waals surface area contributed by atoms with Gasteiger partial charge < -0.3 is 19.9 Å². The highest BCUT2D eigenvalue weighted by Crippen LogP contribution is 2.23. The zero-order valence-corrected chi connectivity index (χ0v) is 11.1. The molecule has 104 valence electrons. The monoisotopic (exact) mass is 265 g/mol. The Balaban J connectivity index is 2.04. The quantitative estimate of drug-likeness (QED) is 0.666. The molecule has 1 aliphatic heterocycles. The highest BCUT2D eigenvalue weighted by molar-refractivity contribution is 5.93. The lowest BCUT2D eigenvalue weighted by molar-refractivity contribution is -0.0113. The zero-order chi connectivity index (χ0) is 13.7. The van der Waals surface area contributed by atoms with Crippen molar-refractivity contribution < 1.29 is 19.0 Å². The fourth-order valence-electron chi connectivity index (χ4n) is 2.06. The first kappa shape index (κ1) is 13.7. The van der Waals surface area contributed by atoms with Gasteiger partial charge in [0.2, 0.25) is 0 Å². The number of nitrogen functional groups attached to an aromatic ring is 1. The number of ether oxygens (including phenoxy) is 3. The van der Waals surface area contributed by atoms with Crippen molar-refractivity contribution in [1.29, 1.82) is 0 Å². The molecule has 0 amide bonds. The molecule has 1 atom stereocenters. The Morgan fingerprint density at radius 2 is 2.32 bits per heavy atom. The summed E-state index contributed by atoms with van der Waals surface area (Å²) in [5.74, 6) is 0.0297. The van der Waals surface area contributed by atoms with Gasteiger partial charge in [0.05, 0.1) is 13.2 Å². The van der Waals surface area contributed by atoms with Crippen LogP contribution in [-0.2, 0) is 9.47 Å². The van der Waals surface area contributed by atoms with Crippen LogP contribution in [0.3, 0.4) is 0 Å². The topological polar surface area (TPSA) is 70.8 Å². The maximum atomic E-state index is 11.6. The molecule has 1 fully saturated rings. The van der Waals surface area contributed by atoms with Crippen molar-refractivity contribution in [3.8, 4) is 5.75 Å². The number of hydrogen-bond donors (Lipinski definition) is 1. The van der Waals surface area contributed by atoms with Crippen molar-refractivity contribution in [2.24, 2.45) is 0 Å². The lowest BCUT2D eigenvalue weighted by Gasteiger charge is -2.23. The second-order valence-electron chi connectivity index (χ2n) is 4.55. The van der Waals surface area contributed by atoms with Crippen LogP contribution >= 0.6 is 0 Å². The van der Waals surface area contributed by atoms with Gasteiger partial charge in [0, 0.05) is 12.3 Å². The predicted octanol–water partition coefficient (Wildman–Crippen LogP) is 2.00. The molecule has 5 heteroatoms. The van der Waals surface area contributed by atoms with Crippen molar-refractivity contribution in [1.82, 2.24) is 0 Å². The fourth-order valence-corrected chi connectivity index (χ4v) is 2.06. The molecule has 0 aliphatic carbocycles. The minimum atomic E-state index is -0.452. The summed E-state index contributed by atoms with van der Waals surface area (Å²) < 4.78 is 16.0. The van der Waals surface area contributed by atoms with E-state index in [4.69, 9.17) is 19.9 Å². The first-order valence-electron chi connectivity index (χ1n) is 6.43. The van der Waals surface area contributed by atoms with E-state index in [0.29, 0.717) is 23.6 Å². The fraction of sp³-hybridized carbons (Fsp3) is 0.500. The summed E-state index contributed by atoms with van der Waals surface area (Å²) >= 11 is 0. The van der Waals surface area contributed by atoms with E-state index < -0.39 is 5.97 Å². The molecule has 19 heavy (non-hydrogen) atoms. The highest BCUT2D eigenvalue weighted by Gasteiger charge is 2.18. The normalized spacial score (nSPS) is 18.9. The number of hydrogen-bond acceptors (Lipinski definition) is 5. The van der Waals surface area contributed by atoms with Crippen molar-refractivity contribution in [3.63, 3.8) is 0 Å². The molecule has 2 N–H and O–H groups in total. The molecule has 1 aromatic carbocycles. The number of carbonyl (C=O) groups is 1. The molecule has 0 aromatic heterocycles. The van der Waals surface area contributed by atoms with Crippen LogP contribution in [0.4, 0.5) is 5.69 Å². The molecule has 1 saturated heterocycles. The van der Waals surface area contributed by atoms with Crippen LogP contribution in [0.15, 0.2) is 18.2 Å². The Morgan fingerprint density at radius 3 is 3.00 bits per heavy atom. The molecule has 0 bridgehead atoms. The van der Waals surface area contributed by atoms with E-state index in [1.807, 2.05) is 0 Å². The average Bonchev–Trinajstić information content (AvgIpc) is 2.46. The van der Waals surface area contributed by atoms with Crippen LogP contribution < -0.4 is 10.5 Å². The molecular formula is C14H19NO4. The Kier molecular flexibility index (Phi) is 4.63. The molecule has 1 aromatic rings. The van der Waals surface area contributed by atoms with Crippen molar-refractivity contribution in [2.75, 3.05) is 26.1 Å². The molecule has 1 unspecified atom stereocenters. The van der Waals surface area contributed by atoms with Gasteiger partial charge in [0.15, 0.2) is 0 Å². The molecule has 1 heterocycles. The van der Waals surface area contributed by atoms with Crippen LogP contribution in [-0.4, -0.2) is 32.4 Å². The maximum Gasteiger partial charge on any atom is 0.341 e. The van der Waals surface area contributed by atoms with Gasteiger partial charge in [-0.25, -0.2) is 4.79 Å².